The summed E-state index contributed by atoms with van der Waals surface area (Å²) in [6, 6.07) is 4.98. The first-order valence-electron chi connectivity index (χ1n) is 4.77. The van der Waals surface area contributed by atoms with Crippen molar-refractivity contribution in [2.75, 3.05) is 13.6 Å². The number of hydrogen-bond acceptors (Lipinski definition) is 1. The summed E-state index contributed by atoms with van der Waals surface area (Å²) in [6.45, 7) is 2.29. The molecule has 1 aromatic rings. The molecule has 1 amide bonds. The van der Waals surface area contributed by atoms with Crippen molar-refractivity contribution in [1.82, 2.24) is 4.90 Å². The van der Waals surface area contributed by atoms with Gasteiger partial charge in [-0.15, -0.1) is 11.6 Å². The van der Waals surface area contributed by atoms with Crippen LogP contribution in [0.25, 0.3) is 0 Å². The quantitative estimate of drug-likeness (QED) is 0.773. The number of halogens is 3. The van der Waals surface area contributed by atoms with Gasteiger partial charge in [0.15, 0.2) is 0 Å². The molecule has 0 aliphatic heterocycles. The van der Waals surface area contributed by atoms with Crippen molar-refractivity contribution in [3.63, 3.8) is 0 Å². The fourth-order valence-corrected chi connectivity index (χ4v) is 1.92. The van der Waals surface area contributed by atoms with Gasteiger partial charge in [0.2, 0.25) is 0 Å². The van der Waals surface area contributed by atoms with E-state index in [9.17, 15) is 4.79 Å². The monoisotopic (exact) mass is 279 g/mol. The SMILES string of the molecule is CC(Cl)CN(C)C(=O)c1cccc(Cl)c1Cl. The Morgan fingerprint density at radius 2 is 2.06 bits per heavy atom. The van der Waals surface area contributed by atoms with Crippen molar-refractivity contribution >= 4 is 40.7 Å². The maximum Gasteiger partial charge on any atom is 0.255 e. The molecule has 1 unspecified atom stereocenters. The summed E-state index contributed by atoms with van der Waals surface area (Å²) in [7, 11) is 1.68. The lowest BCUT2D eigenvalue weighted by Gasteiger charge is -2.19. The summed E-state index contributed by atoms with van der Waals surface area (Å²) in [5, 5.41) is 0.551. The second-order valence-corrected chi connectivity index (χ2v) is 5.10. The first-order valence-corrected chi connectivity index (χ1v) is 5.96. The van der Waals surface area contributed by atoms with Gasteiger partial charge in [-0.25, -0.2) is 0 Å². The lowest BCUT2D eigenvalue weighted by atomic mass is 10.2. The number of nitrogens with zero attached hydrogens (tertiary/aromatic N) is 1. The largest absolute Gasteiger partial charge is 0.340 e. The van der Waals surface area contributed by atoms with Crippen LogP contribution in [0.2, 0.25) is 10.0 Å². The molecule has 0 spiro atoms. The van der Waals surface area contributed by atoms with Gasteiger partial charge in [0.25, 0.3) is 5.91 Å². The van der Waals surface area contributed by atoms with Crippen molar-refractivity contribution in [3.8, 4) is 0 Å². The van der Waals surface area contributed by atoms with Gasteiger partial charge in [0, 0.05) is 19.0 Å². The van der Waals surface area contributed by atoms with Crippen LogP contribution in [-0.2, 0) is 0 Å². The highest BCUT2D eigenvalue weighted by atomic mass is 35.5. The number of hydrogen-bond donors (Lipinski definition) is 0. The minimum Gasteiger partial charge on any atom is -0.340 e. The highest BCUT2D eigenvalue weighted by molar-refractivity contribution is 6.43. The molecule has 0 saturated heterocycles. The predicted octanol–water partition coefficient (Wildman–Crippen LogP) is 3.69. The molecule has 88 valence electrons. The molecule has 0 fully saturated rings. The van der Waals surface area contributed by atoms with Crippen molar-refractivity contribution in [3.05, 3.63) is 33.8 Å². The Bertz CT molecular complexity index is 393. The van der Waals surface area contributed by atoms with Crippen LogP contribution in [0.1, 0.15) is 17.3 Å². The van der Waals surface area contributed by atoms with E-state index in [2.05, 4.69) is 0 Å². The maximum atomic E-state index is 12.0. The van der Waals surface area contributed by atoms with Gasteiger partial charge < -0.3 is 4.90 Å². The lowest BCUT2D eigenvalue weighted by Crippen LogP contribution is -2.31. The molecule has 1 atom stereocenters. The smallest absolute Gasteiger partial charge is 0.255 e. The molecule has 1 rings (SSSR count). The first kappa shape index (κ1) is 13.6. The van der Waals surface area contributed by atoms with Crippen LogP contribution >= 0.6 is 34.8 Å². The summed E-state index contributed by atoms with van der Waals surface area (Å²) in [5.74, 6) is -0.181. The summed E-state index contributed by atoms with van der Waals surface area (Å²) in [6.07, 6.45) is 0. The Balaban J connectivity index is 2.92. The molecule has 1 aromatic carbocycles. The van der Waals surface area contributed by atoms with E-state index in [1.807, 2.05) is 6.92 Å². The van der Waals surface area contributed by atoms with Gasteiger partial charge in [-0.3, -0.25) is 4.79 Å². The highest BCUT2D eigenvalue weighted by Gasteiger charge is 2.17. The van der Waals surface area contributed by atoms with Crippen molar-refractivity contribution in [2.45, 2.75) is 12.3 Å². The van der Waals surface area contributed by atoms with Gasteiger partial charge in [-0.2, -0.15) is 0 Å². The molecule has 0 saturated carbocycles. The van der Waals surface area contributed by atoms with E-state index in [1.165, 1.54) is 4.90 Å². The van der Waals surface area contributed by atoms with E-state index in [0.717, 1.165) is 0 Å². The Kier molecular flexibility index (Phi) is 4.90. The standard InChI is InChI=1S/C11H12Cl3NO/c1-7(12)6-15(2)11(16)8-4-3-5-9(13)10(8)14/h3-5,7H,6H2,1-2H3. The van der Waals surface area contributed by atoms with E-state index < -0.39 is 0 Å². The van der Waals surface area contributed by atoms with Crippen LogP contribution in [0.5, 0.6) is 0 Å². The minimum atomic E-state index is -0.181. The zero-order valence-corrected chi connectivity index (χ0v) is 11.3. The number of benzene rings is 1. The molecule has 0 N–H and O–H groups in total. The van der Waals surface area contributed by atoms with E-state index in [-0.39, 0.29) is 16.3 Å². The maximum absolute atomic E-state index is 12.0. The van der Waals surface area contributed by atoms with Gasteiger partial charge in [0.05, 0.1) is 15.6 Å². The molecule has 16 heavy (non-hydrogen) atoms. The fourth-order valence-electron chi connectivity index (χ4n) is 1.33. The van der Waals surface area contributed by atoms with E-state index >= 15 is 0 Å². The van der Waals surface area contributed by atoms with Crippen LogP contribution in [0.15, 0.2) is 18.2 Å². The zero-order valence-electron chi connectivity index (χ0n) is 9.01. The van der Waals surface area contributed by atoms with Gasteiger partial charge >= 0.3 is 0 Å². The molecule has 0 bridgehead atoms. The third kappa shape index (κ3) is 3.27. The van der Waals surface area contributed by atoms with Crippen LogP contribution in [0.3, 0.4) is 0 Å². The summed E-state index contributed by atoms with van der Waals surface area (Å²) < 4.78 is 0. The third-order valence-electron chi connectivity index (χ3n) is 2.05. The number of carbonyl (C=O) groups is 1. The number of rotatable bonds is 3. The topological polar surface area (TPSA) is 20.3 Å². The Morgan fingerprint density at radius 3 is 2.62 bits per heavy atom. The molecular weight excluding hydrogens is 268 g/mol. The molecule has 0 aliphatic rings. The van der Waals surface area contributed by atoms with Crippen molar-refractivity contribution in [1.29, 1.82) is 0 Å². The Hall–Kier alpha value is -0.440. The molecule has 0 aliphatic carbocycles. The average Bonchev–Trinajstić information content (AvgIpc) is 2.20. The molecule has 0 heterocycles. The number of carbonyl (C=O) groups excluding carboxylic acids is 1. The summed E-state index contributed by atoms with van der Waals surface area (Å²) >= 11 is 17.6. The average molecular weight is 281 g/mol. The van der Waals surface area contributed by atoms with Crippen LogP contribution < -0.4 is 0 Å². The summed E-state index contributed by atoms with van der Waals surface area (Å²) in [4.78, 5) is 13.5. The normalized spacial score (nSPS) is 12.3. The van der Waals surface area contributed by atoms with Gasteiger partial charge in [-0.1, -0.05) is 29.3 Å². The van der Waals surface area contributed by atoms with Crippen LogP contribution in [0.4, 0.5) is 0 Å². The molecule has 5 heteroatoms. The third-order valence-corrected chi connectivity index (χ3v) is 3.01. The number of alkyl halides is 1. The molecule has 0 aromatic heterocycles. The van der Waals surface area contributed by atoms with Crippen molar-refractivity contribution in [2.24, 2.45) is 0 Å². The van der Waals surface area contributed by atoms with Gasteiger partial charge in [0.1, 0.15) is 0 Å². The van der Waals surface area contributed by atoms with Crippen molar-refractivity contribution < 1.29 is 4.79 Å². The van der Waals surface area contributed by atoms with E-state index in [0.29, 0.717) is 17.1 Å². The Labute approximate surface area is 110 Å². The number of amides is 1. The first-order chi connectivity index (χ1) is 7.43. The molecular formula is C11H12Cl3NO. The summed E-state index contributed by atoms with van der Waals surface area (Å²) in [5.41, 5.74) is 0.397. The van der Waals surface area contributed by atoms with Crippen LogP contribution in [-0.4, -0.2) is 29.8 Å². The van der Waals surface area contributed by atoms with Crippen LogP contribution in [0, 0.1) is 0 Å². The molecule has 0 radical (unpaired) electrons. The fraction of sp³-hybridized carbons (Fsp3) is 0.364. The zero-order chi connectivity index (χ0) is 12.3. The lowest BCUT2D eigenvalue weighted by molar-refractivity contribution is 0.0796. The molecule has 2 nitrogen and oxygen atoms in total. The van der Waals surface area contributed by atoms with Gasteiger partial charge in [-0.05, 0) is 19.1 Å². The minimum absolute atomic E-state index is 0.105. The van der Waals surface area contributed by atoms with E-state index in [4.69, 9.17) is 34.8 Å². The Morgan fingerprint density at radius 1 is 1.44 bits per heavy atom. The second-order valence-electron chi connectivity index (χ2n) is 3.57. The van der Waals surface area contributed by atoms with E-state index in [1.54, 1.807) is 25.2 Å². The second kappa shape index (κ2) is 5.76. The highest BCUT2D eigenvalue weighted by Crippen LogP contribution is 2.26. The predicted molar refractivity (Wildman–Crippen MR) is 68.7 cm³/mol.